The first kappa shape index (κ1) is 24.0. The van der Waals surface area contributed by atoms with Crippen LogP contribution in [0.4, 0.5) is 5.69 Å². The standard InChI is InChI=1S/C27H31NO6/c1-17-21(32-24-15-13-22(31-4)27(2,3)34-24)12-11-19-16-20(26(30)33-25(17)19)28-23(29)14-10-18-8-6-5-7-9-18/h5-9,11-12,16,22,24H,10,13-15H2,1-4H3,(H,28,29). The zero-order chi connectivity index (χ0) is 24.3. The van der Waals surface area contributed by atoms with Crippen LogP contribution in [0.3, 0.4) is 0 Å². The van der Waals surface area contributed by atoms with Crippen molar-refractivity contribution in [2.75, 3.05) is 12.4 Å². The van der Waals surface area contributed by atoms with E-state index in [9.17, 15) is 9.59 Å². The Hall–Kier alpha value is -3.16. The molecule has 180 valence electrons. The van der Waals surface area contributed by atoms with Crippen molar-refractivity contribution in [2.45, 2.75) is 64.4 Å². The molecular formula is C27H31NO6. The summed E-state index contributed by atoms with van der Waals surface area (Å²) in [5.74, 6) is 0.352. The Morgan fingerprint density at radius 3 is 2.62 bits per heavy atom. The maximum Gasteiger partial charge on any atom is 0.360 e. The number of ether oxygens (including phenoxy) is 3. The predicted octanol–water partition coefficient (Wildman–Crippen LogP) is 4.98. The monoisotopic (exact) mass is 465 g/mol. The molecule has 1 aliphatic rings. The van der Waals surface area contributed by atoms with Gasteiger partial charge in [-0.15, -0.1) is 0 Å². The fraction of sp³-hybridized carbons (Fsp3) is 0.407. The van der Waals surface area contributed by atoms with Gasteiger partial charge >= 0.3 is 5.63 Å². The van der Waals surface area contributed by atoms with Crippen LogP contribution in [-0.4, -0.2) is 31.0 Å². The van der Waals surface area contributed by atoms with E-state index in [1.165, 1.54) is 0 Å². The summed E-state index contributed by atoms with van der Waals surface area (Å²) in [5.41, 5.74) is 1.25. The summed E-state index contributed by atoms with van der Waals surface area (Å²) in [5, 5.41) is 3.38. The van der Waals surface area contributed by atoms with E-state index in [2.05, 4.69) is 5.32 Å². The Morgan fingerprint density at radius 2 is 1.91 bits per heavy atom. The van der Waals surface area contributed by atoms with Gasteiger partial charge in [0.05, 0.1) is 11.7 Å². The molecule has 2 heterocycles. The summed E-state index contributed by atoms with van der Waals surface area (Å²) in [7, 11) is 1.69. The SMILES string of the molecule is COC1CCC(Oc2ccc3cc(NC(=O)CCc4ccccc4)c(=O)oc3c2C)OC1(C)C. The number of nitrogens with one attached hydrogen (secondary N) is 1. The molecule has 2 unspecified atom stereocenters. The van der Waals surface area contributed by atoms with Gasteiger partial charge in [0.1, 0.15) is 17.0 Å². The van der Waals surface area contributed by atoms with Crippen molar-refractivity contribution >= 4 is 22.6 Å². The lowest BCUT2D eigenvalue weighted by molar-refractivity contribution is -0.233. The quantitative estimate of drug-likeness (QED) is 0.495. The smallest absolute Gasteiger partial charge is 0.360 e. The van der Waals surface area contributed by atoms with Gasteiger partial charge in [-0.25, -0.2) is 4.79 Å². The molecule has 0 spiro atoms. The number of carbonyl (C=O) groups excluding carboxylic acids is 1. The molecule has 2 atom stereocenters. The average Bonchev–Trinajstić information content (AvgIpc) is 2.81. The number of fused-ring (bicyclic) bond motifs is 1. The van der Waals surface area contributed by atoms with Crippen LogP contribution in [0.2, 0.25) is 0 Å². The molecule has 2 aromatic carbocycles. The Labute approximate surface area is 199 Å². The highest BCUT2D eigenvalue weighted by molar-refractivity contribution is 5.93. The molecule has 3 aromatic rings. The third-order valence-electron chi connectivity index (χ3n) is 6.28. The van der Waals surface area contributed by atoms with Gasteiger partial charge < -0.3 is 23.9 Å². The molecule has 0 radical (unpaired) electrons. The fourth-order valence-corrected chi connectivity index (χ4v) is 4.37. The molecule has 0 bridgehead atoms. The molecule has 1 saturated heterocycles. The molecule has 7 nitrogen and oxygen atoms in total. The van der Waals surface area contributed by atoms with E-state index >= 15 is 0 Å². The van der Waals surface area contributed by atoms with Crippen LogP contribution in [0.5, 0.6) is 5.75 Å². The van der Waals surface area contributed by atoms with Crippen LogP contribution in [0.1, 0.15) is 44.2 Å². The van der Waals surface area contributed by atoms with Crippen molar-refractivity contribution in [2.24, 2.45) is 0 Å². The van der Waals surface area contributed by atoms with Crippen molar-refractivity contribution in [3.8, 4) is 5.75 Å². The summed E-state index contributed by atoms with van der Waals surface area (Å²) in [6.07, 6.45) is 1.96. The number of aryl methyl sites for hydroxylation is 2. The first-order valence-electron chi connectivity index (χ1n) is 11.6. The number of hydrogen-bond donors (Lipinski definition) is 1. The largest absolute Gasteiger partial charge is 0.465 e. The zero-order valence-electron chi connectivity index (χ0n) is 20.1. The van der Waals surface area contributed by atoms with Gasteiger partial charge in [0.25, 0.3) is 0 Å². The first-order chi connectivity index (χ1) is 16.3. The molecule has 7 heteroatoms. The number of anilines is 1. The second kappa shape index (κ2) is 9.99. The lowest BCUT2D eigenvalue weighted by atomic mass is 9.94. The zero-order valence-corrected chi connectivity index (χ0v) is 20.1. The predicted molar refractivity (Wildman–Crippen MR) is 130 cm³/mol. The van der Waals surface area contributed by atoms with Gasteiger partial charge in [0.2, 0.25) is 12.2 Å². The molecule has 1 fully saturated rings. The lowest BCUT2D eigenvalue weighted by Gasteiger charge is -2.41. The second-order valence-corrected chi connectivity index (χ2v) is 9.16. The Bertz CT molecular complexity index is 1220. The number of carbonyl (C=O) groups is 1. The lowest BCUT2D eigenvalue weighted by Crippen LogP contribution is -2.49. The molecule has 0 aliphatic carbocycles. The molecule has 1 amide bonds. The third kappa shape index (κ3) is 5.32. The number of hydrogen-bond acceptors (Lipinski definition) is 6. The van der Waals surface area contributed by atoms with Gasteiger partial charge in [0, 0.05) is 30.9 Å². The van der Waals surface area contributed by atoms with Crippen LogP contribution in [-0.2, 0) is 20.7 Å². The highest BCUT2D eigenvalue weighted by Crippen LogP contribution is 2.34. The van der Waals surface area contributed by atoms with E-state index < -0.39 is 17.5 Å². The normalized spacial score (nSPS) is 19.6. The van der Waals surface area contributed by atoms with E-state index in [0.717, 1.165) is 12.0 Å². The van der Waals surface area contributed by atoms with Crippen molar-refractivity contribution < 1.29 is 23.4 Å². The molecule has 0 saturated carbocycles. The molecule has 1 aromatic heterocycles. The van der Waals surface area contributed by atoms with Crippen LogP contribution in [0.15, 0.2) is 57.7 Å². The number of methoxy groups -OCH3 is 1. The van der Waals surface area contributed by atoms with Gasteiger partial charge in [-0.1, -0.05) is 30.3 Å². The Morgan fingerprint density at radius 1 is 1.15 bits per heavy atom. The van der Waals surface area contributed by atoms with E-state index in [0.29, 0.717) is 35.1 Å². The summed E-state index contributed by atoms with van der Waals surface area (Å²) >= 11 is 0. The fourth-order valence-electron chi connectivity index (χ4n) is 4.37. The molecule has 1 aliphatic heterocycles. The van der Waals surface area contributed by atoms with Crippen molar-refractivity contribution in [1.82, 2.24) is 0 Å². The van der Waals surface area contributed by atoms with Gasteiger partial charge in [-0.05, 0) is 57.4 Å². The van der Waals surface area contributed by atoms with Gasteiger partial charge in [-0.2, -0.15) is 0 Å². The highest BCUT2D eigenvalue weighted by atomic mass is 16.7. The maximum absolute atomic E-state index is 12.6. The van der Waals surface area contributed by atoms with Crippen LogP contribution in [0, 0.1) is 6.92 Å². The van der Waals surface area contributed by atoms with Crippen molar-refractivity contribution in [3.05, 3.63) is 70.1 Å². The van der Waals surface area contributed by atoms with Gasteiger partial charge in [-0.3, -0.25) is 4.79 Å². The minimum absolute atomic E-state index is 0.00407. The highest BCUT2D eigenvalue weighted by Gasteiger charge is 2.39. The van der Waals surface area contributed by atoms with Crippen LogP contribution >= 0.6 is 0 Å². The summed E-state index contributed by atoms with van der Waals surface area (Å²) in [6, 6.07) is 15.0. The minimum Gasteiger partial charge on any atom is -0.465 e. The van der Waals surface area contributed by atoms with E-state index in [-0.39, 0.29) is 24.1 Å². The topological polar surface area (TPSA) is 87.0 Å². The van der Waals surface area contributed by atoms with E-state index in [1.807, 2.05) is 63.2 Å². The van der Waals surface area contributed by atoms with E-state index in [4.69, 9.17) is 18.6 Å². The van der Waals surface area contributed by atoms with Crippen LogP contribution < -0.4 is 15.7 Å². The van der Waals surface area contributed by atoms with Crippen LogP contribution in [0.25, 0.3) is 11.0 Å². The average molecular weight is 466 g/mol. The molecule has 4 rings (SSSR count). The number of rotatable bonds is 7. The summed E-state index contributed by atoms with van der Waals surface area (Å²) < 4.78 is 23.3. The van der Waals surface area contributed by atoms with E-state index in [1.54, 1.807) is 13.2 Å². The maximum atomic E-state index is 12.6. The molecule has 1 N–H and O–H groups in total. The Kier molecular flexibility index (Phi) is 7.05. The van der Waals surface area contributed by atoms with Gasteiger partial charge in [0.15, 0.2) is 0 Å². The molecular weight excluding hydrogens is 434 g/mol. The van der Waals surface area contributed by atoms with Crippen molar-refractivity contribution in [3.63, 3.8) is 0 Å². The molecule has 34 heavy (non-hydrogen) atoms. The third-order valence-corrected chi connectivity index (χ3v) is 6.28. The number of benzene rings is 2. The minimum atomic E-state index is -0.598. The first-order valence-corrected chi connectivity index (χ1v) is 11.6. The van der Waals surface area contributed by atoms with Crippen molar-refractivity contribution in [1.29, 1.82) is 0 Å². The summed E-state index contributed by atoms with van der Waals surface area (Å²) in [4.78, 5) is 25.0. The number of amides is 1. The Balaban J connectivity index is 1.47. The second-order valence-electron chi connectivity index (χ2n) is 9.16. The summed E-state index contributed by atoms with van der Waals surface area (Å²) in [6.45, 7) is 5.81.